The van der Waals surface area contributed by atoms with Crippen molar-refractivity contribution in [3.05, 3.63) is 26.4 Å². The Morgan fingerprint density at radius 2 is 1.91 bits per heavy atom. The SMILES string of the molecule is O=C(O)CC1(CN=Cc2c(O)[nH]c(=O)[nH]c2=O)CCCCC1. The van der Waals surface area contributed by atoms with Crippen LogP contribution in [0.5, 0.6) is 5.88 Å². The van der Waals surface area contributed by atoms with Crippen molar-refractivity contribution in [2.24, 2.45) is 10.4 Å². The second kappa shape index (κ2) is 6.59. The predicted octanol–water partition coefficient (Wildman–Crippen LogP) is 0.613. The third kappa shape index (κ3) is 3.84. The highest BCUT2D eigenvalue weighted by molar-refractivity contribution is 5.81. The molecule has 22 heavy (non-hydrogen) atoms. The van der Waals surface area contributed by atoms with Crippen LogP contribution in [0.1, 0.15) is 44.1 Å². The van der Waals surface area contributed by atoms with Crippen LogP contribution < -0.4 is 11.2 Å². The van der Waals surface area contributed by atoms with Gasteiger partial charge in [-0.2, -0.15) is 0 Å². The maximum Gasteiger partial charge on any atom is 0.328 e. The smallest absolute Gasteiger partial charge is 0.328 e. The number of rotatable bonds is 5. The molecule has 0 saturated heterocycles. The van der Waals surface area contributed by atoms with Gasteiger partial charge in [0, 0.05) is 18.2 Å². The molecule has 1 fully saturated rings. The van der Waals surface area contributed by atoms with Gasteiger partial charge in [0.25, 0.3) is 5.56 Å². The summed E-state index contributed by atoms with van der Waals surface area (Å²) >= 11 is 0. The molecule has 1 aliphatic rings. The van der Waals surface area contributed by atoms with Gasteiger partial charge in [-0.3, -0.25) is 24.5 Å². The monoisotopic (exact) mass is 309 g/mol. The summed E-state index contributed by atoms with van der Waals surface area (Å²) in [5.41, 5.74) is -2.07. The van der Waals surface area contributed by atoms with Crippen LogP contribution in [0.2, 0.25) is 0 Å². The van der Waals surface area contributed by atoms with Gasteiger partial charge >= 0.3 is 11.7 Å². The van der Waals surface area contributed by atoms with Crippen LogP contribution in [0.15, 0.2) is 14.6 Å². The molecule has 1 aliphatic carbocycles. The molecule has 8 nitrogen and oxygen atoms in total. The number of hydrogen-bond acceptors (Lipinski definition) is 5. The predicted molar refractivity (Wildman–Crippen MR) is 79.6 cm³/mol. The van der Waals surface area contributed by atoms with Crippen LogP contribution in [-0.2, 0) is 4.79 Å². The number of carbonyl (C=O) groups is 1. The van der Waals surface area contributed by atoms with E-state index in [1.807, 2.05) is 4.98 Å². The number of aliphatic imine (C=N–C) groups is 1. The van der Waals surface area contributed by atoms with Gasteiger partial charge in [0.1, 0.15) is 5.56 Å². The topological polar surface area (TPSA) is 136 Å². The Morgan fingerprint density at radius 1 is 1.23 bits per heavy atom. The molecule has 0 aromatic carbocycles. The summed E-state index contributed by atoms with van der Waals surface area (Å²) in [4.78, 5) is 41.8. The summed E-state index contributed by atoms with van der Waals surface area (Å²) < 4.78 is 0. The summed E-state index contributed by atoms with van der Waals surface area (Å²) in [5.74, 6) is -1.41. The van der Waals surface area contributed by atoms with Gasteiger partial charge in [0.15, 0.2) is 0 Å². The van der Waals surface area contributed by atoms with Gasteiger partial charge in [-0.1, -0.05) is 19.3 Å². The Kier molecular flexibility index (Phi) is 4.79. The molecule has 1 saturated carbocycles. The van der Waals surface area contributed by atoms with E-state index in [1.54, 1.807) is 0 Å². The van der Waals surface area contributed by atoms with Crippen molar-refractivity contribution >= 4 is 12.2 Å². The number of aromatic amines is 2. The third-order valence-corrected chi connectivity index (χ3v) is 4.05. The Morgan fingerprint density at radius 3 is 2.50 bits per heavy atom. The van der Waals surface area contributed by atoms with Crippen molar-refractivity contribution in [1.82, 2.24) is 9.97 Å². The fourth-order valence-corrected chi connectivity index (χ4v) is 2.95. The van der Waals surface area contributed by atoms with E-state index in [9.17, 15) is 19.5 Å². The lowest BCUT2D eigenvalue weighted by molar-refractivity contribution is -0.140. The van der Waals surface area contributed by atoms with Crippen molar-refractivity contribution in [2.45, 2.75) is 38.5 Å². The second-order valence-electron chi connectivity index (χ2n) is 5.77. The van der Waals surface area contributed by atoms with Crippen LogP contribution in [0, 0.1) is 5.41 Å². The average molecular weight is 309 g/mol. The number of hydrogen-bond donors (Lipinski definition) is 4. The number of aromatic hydroxyl groups is 1. The molecule has 1 aromatic rings. The zero-order valence-corrected chi connectivity index (χ0v) is 12.1. The lowest BCUT2D eigenvalue weighted by atomic mass is 9.72. The number of H-pyrrole nitrogens is 2. The standard InChI is InChI=1S/C14H19N3O5/c18-10(19)6-14(4-2-1-3-5-14)8-15-7-9-11(20)16-13(22)17-12(9)21/h7H,1-6,8H2,(H,18,19)(H3,16,17,20,21,22). The molecule has 0 spiro atoms. The number of aliphatic carboxylic acids is 1. The van der Waals surface area contributed by atoms with Gasteiger partial charge in [0.2, 0.25) is 5.88 Å². The number of carboxylic acids is 1. The number of aromatic nitrogens is 2. The molecule has 8 heteroatoms. The first-order valence-corrected chi connectivity index (χ1v) is 7.19. The van der Waals surface area contributed by atoms with E-state index in [4.69, 9.17) is 5.11 Å². The van der Waals surface area contributed by atoms with Crippen LogP contribution >= 0.6 is 0 Å². The van der Waals surface area contributed by atoms with E-state index < -0.39 is 28.5 Å². The van der Waals surface area contributed by atoms with E-state index >= 15 is 0 Å². The molecular weight excluding hydrogens is 290 g/mol. The van der Waals surface area contributed by atoms with E-state index in [2.05, 4.69) is 9.98 Å². The third-order valence-electron chi connectivity index (χ3n) is 4.05. The lowest BCUT2D eigenvalue weighted by Gasteiger charge is -2.34. The van der Waals surface area contributed by atoms with E-state index in [0.29, 0.717) is 0 Å². The van der Waals surface area contributed by atoms with Crippen molar-refractivity contribution in [1.29, 1.82) is 0 Å². The van der Waals surface area contributed by atoms with E-state index in [1.165, 1.54) is 6.21 Å². The molecule has 0 amide bonds. The van der Waals surface area contributed by atoms with Crippen molar-refractivity contribution in [2.75, 3.05) is 6.54 Å². The van der Waals surface area contributed by atoms with Gasteiger partial charge in [-0.15, -0.1) is 0 Å². The lowest BCUT2D eigenvalue weighted by Crippen LogP contribution is -2.30. The Balaban J connectivity index is 2.17. The van der Waals surface area contributed by atoms with Gasteiger partial charge in [0.05, 0.1) is 6.42 Å². The molecule has 120 valence electrons. The summed E-state index contributed by atoms with van der Waals surface area (Å²) in [5, 5.41) is 18.6. The van der Waals surface area contributed by atoms with Crippen LogP contribution in [0.3, 0.4) is 0 Å². The number of carboxylic acid groups (broad SMARTS) is 1. The summed E-state index contributed by atoms with van der Waals surface area (Å²) in [6.07, 6.45) is 5.81. The maximum atomic E-state index is 11.6. The van der Waals surface area contributed by atoms with Crippen molar-refractivity contribution in [3.63, 3.8) is 0 Å². The zero-order chi connectivity index (χ0) is 16.2. The maximum absolute atomic E-state index is 11.6. The molecule has 0 unspecified atom stereocenters. The second-order valence-corrected chi connectivity index (χ2v) is 5.77. The number of nitrogens with zero attached hydrogens (tertiary/aromatic N) is 1. The fraction of sp³-hybridized carbons (Fsp3) is 0.571. The minimum Gasteiger partial charge on any atom is -0.494 e. The molecule has 0 atom stereocenters. The minimum atomic E-state index is -0.859. The molecule has 0 bridgehead atoms. The average Bonchev–Trinajstić information content (AvgIpc) is 2.42. The Hall–Kier alpha value is -2.38. The van der Waals surface area contributed by atoms with E-state index in [0.717, 1.165) is 32.1 Å². The van der Waals surface area contributed by atoms with Crippen LogP contribution in [0.4, 0.5) is 0 Å². The molecule has 4 N–H and O–H groups in total. The van der Waals surface area contributed by atoms with E-state index in [-0.39, 0.29) is 18.5 Å². The Bertz CT molecular complexity index is 682. The minimum absolute atomic E-state index is 0.0400. The first-order chi connectivity index (χ1) is 10.4. The quantitative estimate of drug-likeness (QED) is 0.591. The highest BCUT2D eigenvalue weighted by Gasteiger charge is 2.34. The summed E-state index contributed by atoms with van der Waals surface area (Å²) in [7, 11) is 0. The first-order valence-electron chi connectivity index (χ1n) is 7.19. The molecule has 2 rings (SSSR count). The molecule has 0 aliphatic heterocycles. The first kappa shape index (κ1) is 16.0. The zero-order valence-electron chi connectivity index (χ0n) is 12.1. The largest absolute Gasteiger partial charge is 0.494 e. The summed E-state index contributed by atoms with van der Waals surface area (Å²) in [6.45, 7) is 0.275. The fourth-order valence-electron chi connectivity index (χ4n) is 2.95. The van der Waals surface area contributed by atoms with Gasteiger partial charge in [-0.25, -0.2) is 4.79 Å². The van der Waals surface area contributed by atoms with Gasteiger partial charge < -0.3 is 10.2 Å². The van der Waals surface area contributed by atoms with Crippen molar-refractivity contribution < 1.29 is 15.0 Å². The van der Waals surface area contributed by atoms with Crippen LogP contribution in [0.25, 0.3) is 0 Å². The molecular formula is C14H19N3O5. The molecule has 0 radical (unpaired) electrons. The molecule has 1 heterocycles. The van der Waals surface area contributed by atoms with Gasteiger partial charge in [-0.05, 0) is 12.8 Å². The highest BCUT2D eigenvalue weighted by Crippen LogP contribution is 2.39. The Labute approximate surface area is 125 Å². The summed E-state index contributed by atoms with van der Waals surface area (Å²) in [6, 6.07) is 0. The van der Waals surface area contributed by atoms with Crippen molar-refractivity contribution in [3.8, 4) is 5.88 Å². The highest BCUT2D eigenvalue weighted by atomic mass is 16.4. The van der Waals surface area contributed by atoms with Crippen LogP contribution in [-0.4, -0.2) is 38.9 Å². The molecule has 1 aromatic heterocycles. The number of nitrogens with one attached hydrogen (secondary N) is 2. The normalized spacial score (nSPS) is 17.6.